The normalized spacial score (nSPS) is 11.1. The SMILES string of the molecule is O=C(COc1c(Cl)cc(C=Nn2c(=O)[nH]c3ccccc3c2=O)cc1Br)Nc1cccc(F)c1. The number of aromatic nitrogens is 2. The number of H-pyrrole nitrogens is 1. The largest absolute Gasteiger partial charge is 0.481 e. The Hall–Kier alpha value is -3.76. The molecule has 1 heterocycles. The average Bonchev–Trinajstić information content (AvgIpc) is 2.78. The third-order valence-electron chi connectivity index (χ3n) is 4.58. The number of aromatic amines is 1. The first-order valence-corrected chi connectivity index (χ1v) is 10.9. The van der Waals surface area contributed by atoms with E-state index in [1.807, 2.05) is 0 Å². The van der Waals surface area contributed by atoms with Gasteiger partial charge in [-0.25, -0.2) is 9.18 Å². The Morgan fingerprint density at radius 2 is 1.97 bits per heavy atom. The molecule has 1 aromatic heterocycles. The lowest BCUT2D eigenvalue weighted by Gasteiger charge is -2.11. The number of nitrogens with zero attached hydrogens (tertiary/aromatic N) is 2. The van der Waals surface area contributed by atoms with Crippen LogP contribution >= 0.6 is 27.5 Å². The number of rotatable bonds is 6. The molecule has 0 saturated heterocycles. The molecule has 0 aliphatic carbocycles. The number of carbonyl (C=O) groups excluding carboxylic acids is 1. The summed E-state index contributed by atoms with van der Waals surface area (Å²) in [6.45, 7) is -0.371. The van der Waals surface area contributed by atoms with E-state index in [1.54, 1.807) is 36.4 Å². The zero-order valence-corrected chi connectivity index (χ0v) is 19.6. The fourth-order valence-corrected chi connectivity index (χ4v) is 4.06. The maximum Gasteiger partial charge on any atom is 0.349 e. The van der Waals surface area contributed by atoms with Crippen molar-refractivity contribution < 1.29 is 13.9 Å². The summed E-state index contributed by atoms with van der Waals surface area (Å²) in [5.74, 6) is -0.780. The molecule has 1 amide bonds. The number of halogens is 3. The van der Waals surface area contributed by atoms with Gasteiger partial charge in [0.05, 0.1) is 26.6 Å². The molecule has 11 heteroatoms. The maximum absolute atomic E-state index is 13.2. The predicted molar refractivity (Wildman–Crippen MR) is 131 cm³/mol. The molecule has 0 aliphatic rings. The highest BCUT2D eigenvalue weighted by Gasteiger charge is 2.12. The van der Waals surface area contributed by atoms with Gasteiger partial charge in [-0.1, -0.05) is 29.8 Å². The van der Waals surface area contributed by atoms with Crippen molar-refractivity contribution in [1.82, 2.24) is 9.66 Å². The molecule has 0 bridgehead atoms. The van der Waals surface area contributed by atoms with Gasteiger partial charge in [-0.15, -0.1) is 4.68 Å². The van der Waals surface area contributed by atoms with Gasteiger partial charge in [0.1, 0.15) is 5.82 Å². The third-order valence-corrected chi connectivity index (χ3v) is 5.45. The Morgan fingerprint density at radius 1 is 1.18 bits per heavy atom. The average molecular weight is 546 g/mol. The van der Waals surface area contributed by atoms with Crippen LogP contribution in [0.5, 0.6) is 5.75 Å². The highest BCUT2D eigenvalue weighted by molar-refractivity contribution is 9.10. The van der Waals surface area contributed by atoms with E-state index in [9.17, 15) is 18.8 Å². The van der Waals surface area contributed by atoms with Gasteiger partial charge in [-0.2, -0.15) is 5.10 Å². The third kappa shape index (κ3) is 5.24. The molecule has 34 heavy (non-hydrogen) atoms. The number of fused-ring (bicyclic) bond motifs is 1. The van der Waals surface area contributed by atoms with Crippen molar-refractivity contribution in [3.05, 3.63) is 102 Å². The minimum absolute atomic E-state index is 0.161. The van der Waals surface area contributed by atoms with Crippen LogP contribution in [-0.2, 0) is 4.79 Å². The van der Waals surface area contributed by atoms with Crippen molar-refractivity contribution in [1.29, 1.82) is 0 Å². The van der Waals surface area contributed by atoms with Gasteiger partial charge in [0, 0.05) is 5.69 Å². The lowest BCUT2D eigenvalue weighted by atomic mass is 10.2. The molecule has 0 atom stereocenters. The summed E-state index contributed by atoms with van der Waals surface area (Å²) in [7, 11) is 0. The molecule has 4 aromatic rings. The summed E-state index contributed by atoms with van der Waals surface area (Å²) in [5, 5.41) is 6.98. The fourth-order valence-electron chi connectivity index (χ4n) is 3.08. The van der Waals surface area contributed by atoms with E-state index in [1.165, 1.54) is 30.5 Å². The molecule has 0 spiro atoms. The molecule has 0 saturated carbocycles. The van der Waals surface area contributed by atoms with E-state index in [-0.39, 0.29) is 17.4 Å². The summed E-state index contributed by atoms with van der Waals surface area (Å²) in [6.07, 6.45) is 1.29. The Kier molecular flexibility index (Phi) is 6.90. The number of para-hydroxylation sites is 1. The van der Waals surface area contributed by atoms with Crippen molar-refractivity contribution in [2.45, 2.75) is 0 Å². The van der Waals surface area contributed by atoms with Gasteiger partial charge >= 0.3 is 5.69 Å². The Morgan fingerprint density at radius 3 is 2.74 bits per heavy atom. The number of nitrogens with one attached hydrogen (secondary N) is 2. The number of hydrogen-bond acceptors (Lipinski definition) is 5. The van der Waals surface area contributed by atoms with Gasteiger partial charge in [0.2, 0.25) is 0 Å². The van der Waals surface area contributed by atoms with Crippen LogP contribution < -0.4 is 21.3 Å². The van der Waals surface area contributed by atoms with E-state index in [0.717, 1.165) is 0 Å². The molecule has 4 rings (SSSR count). The van der Waals surface area contributed by atoms with Gasteiger partial charge in [0.15, 0.2) is 12.4 Å². The lowest BCUT2D eigenvalue weighted by molar-refractivity contribution is -0.118. The summed E-state index contributed by atoms with van der Waals surface area (Å²) < 4.78 is 19.9. The first kappa shape index (κ1) is 23.4. The van der Waals surface area contributed by atoms with E-state index in [4.69, 9.17) is 16.3 Å². The second kappa shape index (κ2) is 10.0. The summed E-state index contributed by atoms with van der Waals surface area (Å²) in [4.78, 5) is 39.5. The molecular formula is C23H15BrClFN4O4. The minimum Gasteiger partial charge on any atom is -0.481 e. The second-order valence-corrected chi connectivity index (χ2v) is 8.26. The van der Waals surface area contributed by atoms with Crippen LogP contribution in [0.3, 0.4) is 0 Å². The Labute approximate surface area is 204 Å². The Bertz CT molecular complexity index is 1530. The maximum atomic E-state index is 13.2. The van der Waals surface area contributed by atoms with E-state index >= 15 is 0 Å². The number of carbonyl (C=O) groups is 1. The van der Waals surface area contributed by atoms with Crippen molar-refractivity contribution in [3.63, 3.8) is 0 Å². The van der Waals surface area contributed by atoms with Crippen LogP contribution in [0, 0.1) is 5.82 Å². The highest BCUT2D eigenvalue weighted by atomic mass is 79.9. The van der Waals surface area contributed by atoms with Gasteiger partial charge in [-0.05, 0) is 64.0 Å². The highest BCUT2D eigenvalue weighted by Crippen LogP contribution is 2.34. The van der Waals surface area contributed by atoms with Crippen LogP contribution in [0.2, 0.25) is 5.02 Å². The first-order chi connectivity index (χ1) is 16.3. The molecule has 0 unspecified atom stereocenters. The summed E-state index contributed by atoms with van der Waals surface area (Å²) in [6, 6.07) is 15.2. The number of hydrogen-bond donors (Lipinski definition) is 2. The fraction of sp³-hybridized carbons (Fsp3) is 0.0435. The van der Waals surface area contributed by atoms with E-state index < -0.39 is 23.0 Å². The van der Waals surface area contributed by atoms with E-state index in [2.05, 4.69) is 31.3 Å². The first-order valence-electron chi connectivity index (χ1n) is 9.77. The molecule has 3 aromatic carbocycles. The monoisotopic (exact) mass is 544 g/mol. The number of amides is 1. The van der Waals surface area contributed by atoms with Crippen molar-refractivity contribution in [2.75, 3.05) is 11.9 Å². The lowest BCUT2D eigenvalue weighted by Crippen LogP contribution is -2.32. The van der Waals surface area contributed by atoms with E-state index in [0.29, 0.717) is 31.3 Å². The minimum atomic E-state index is -0.686. The number of benzene rings is 3. The predicted octanol–water partition coefficient (Wildman–Crippen LogP) is 4.14. The van der Waals surface area contributed by atoms with Crippen LogP contribution in [0.15, 0.2) is 79.8 Å². The zero-order valence-electron chi connectivity index (χ0n) is 17.2. The number of anilines is 1. The van der Waals surface area contributed by atoms with Crippen LogP contribution in [-0.4, -0.2) is 28.4 Å². The summed E-state index contributed by atoms with van der Waals surface area (Å²) in [5.41, 5.74) is -0.0748. The molecule has 172 valence electrons. The topological polar surface area (TPSA) is 106 Å². The van der Waals surface area contributed by atoms with Gasteiger partial charge in [-0.3, -0.25) is 9.59 Å². The van der Waals surface area contributed by atoms with Gasteiger partial charge in [0.25, 0.3) is 11.5 Å². The molecular weight excluding hydrogens is 531 g/mol. The Balaban J connectivity index is 1.50. The summed E-state index contributed by atoms with van der Waals surface area (Å²) >= 11 is 9.61. The second-order valence-electron chi connectivity index (χ2n) is 7.00. The van der Waals surface area contributed by atoms with Gasteiger partial charge < -0.3 is 15.0 Å². The molecule has 0 radical (unpaired) electrons. The van der Waals surface area contributed by atoms with Crippen LogP contribution in [0.4, 0.5) is 10.1 Å². The molecule has 8 nitrogen and oxygen atoms in total. The van der Waals surface area contributed by atoms with Crippen molar-refractivity contribution in [3.8, 4) is 5.75 Å². The van der Waals surface area contributed by atoms with Crippen LogP contribution in [0.25, 0.3) is 10.9 Å². The molecule has 0 fully saturated rings. The van der Waals surface area contributed by atoms with Crippen molar-refractivity contribution >= 4 is 56.2 Å². The quantitative estimate of drug-likeness (QED) is 0.355. The zero-order chi connectivity index (χ0) is 24.2. The number of ether oxygens (including phenoxy) is 1. The van der Waals surface area contributed by atoms with Crippen LogP contribution in [0.1, 0.15) is 5.56 Å². The molecule has 0 aliphatic heterocycles. The van der Waals surface area contributed by atoms with Crippen molar-refractivity contribution in [2.24, 2.45) is 5.10 Å². The smallest absolute Gasteiger partial charge is 0.349 e. The standard InChI is InChI=1S/C23H15BrClFN4O4/c24-17-8-13(11-27-30-22(32)16-6-1-2-7-19(16)29-23(30)33)9-18(25)21(17)34-12-20(31)28-15-5-3-4-14(26)10-15/h1-11H,12H2,(H,28,31)(H,29,33). The molecule has 2 N–H and O–H groups in total.